The SMILES string of the molecule is COc1ccc(OC)c(NC(=O)[C@H]2Cc3ccc(C)cc3S2)c1. The van der Waals surface area contributed by atoms with Gasteiger partial charge in [0.2, 0.25) is 5.91 Å². The third-order valence-electron chi connectivity index (χ3n) is 3.85. The first-order valence-corrected chi connectivity index (χ1v) is 8.27. The molecule has 0 saturated heterocycles. The van der Waals surface area contributed by atoms with Crippen molar-refractivity contribution < 1.29 is 14.3 Å². The van der Waals surface area contributed by atoms with Crippen molar-refractivity contribution in [3.8, 4) is 11.5 Å². The number of nitrogens with one attached hydrogen (secondary N) is 1. The van der Waals surface area contributed by atoms with Crippen LogP contribution in [0.2, 0.25) is 0 Å². The Morgan fingerprint density at radius 3 is 2.74 bits per heavy atom. The maximum atomic E-state index is 12.6. The number of thioether (sulfide) groups is 1. The Kier molecular flexibility index (Phi) is 4.48. The van der Waals surface area contributed by atoms with E-state index in [1.807, 2.05) is 0 Å². The average molecular weight is 329 g/mol. The van der Waals surface area contributed by atoms with Gasteiger partial charge in [-0.05, 0) is 37.1 Å². The second kappa shape index (κ2) is 6.54. The molecule has 0 radical (unpaired) electrons. The molecule has 1 aliphatic heterocycles. The molecule has 5 heteroatoms. The fraction of sp³-hybridized carbons (Fsp3) is 0.278. The minimum atomic E-state index is -0.122. The van der Waals surface area contributed by atoms with Crippen molar-refractivity contribution in [2.75, 3.05) is 19.5 Å². The third-order valence-corrected chi connectivity index (χ3v) is 5.15. The molecule has 1 aliphatic rings. The van der Waals surface area contributed by atoms with Gasteiger partial charge in [0.05, 0.1) is 25.2 Å². The first-order valence-electron chi connectivity index (χ1n) is 7.40. The predicted molar refractivity (Wildman–Crippen MR) is 92.7 cm³/mol. The van der Waals surface area contributed by atoms with Crippen molar-refractivity contribution in [2.45, 2.75) is 23.5 Å². The smallest absolute Gasteiger partial charge is 0.238 e. The highest BCUT2D eigenvalue weighted by atomic mass is 32.2. The molecule has 2 aromatic carbocycles. The minimum Gasteiger partial charge on any atom is -0.497 e. The number of methoxy groups -OCH3 is 2. The van der Waals surface area contributed by atoms with Crippen LogP contribution < -0.4 is 14.8 Å². The van der Waals surface area contributed by atoms with E-state index in [0.29, 0.717) is 17.2 Å². The van der Waals surface area contributed by atoms with Gasteiger partial charge in [-0.1, -0.05) is 17.7 Å². The van der Waals surface area contributed by atoms with Crippen molar-refractivity contribution in [3.05, 3.63) is 47.5 Å². The van der Waals surface area contributed by atoms with Gasteiger partial charge >= 0.3 is 0 Å². The first-order chi connectivity index (χ1) is 11.1. The number of ether oxygens (including phenoxy) is 2. The minimum absolute atomic E-state index is 0.0181. The standard InChI is InChI=1S/C18H19NO3S/c1-11-4-5-12-9-17(23-16(12)8-11)18(20)19-14-10-13(21-2)6-7-15(14)22-3/h4-8,10,17H,9H2,1-3H3,(H,19,20)/t17-/m1/s1. The molecule has 0 fully saturated rings. The van der Waals surface area contributed by atoms with E-state index in [2.05, 4.69) is 30.4 Å². The summed E-state index contributed by atoms with van der Waals surface area (Å²) in [7, 11) is 3.18. The Hall–Kier alpha value is -2.14. The number of carbonyl (C=O) groups is 1. The molecule has 0 aromatic heterocycles. The molecular formula is C18H19NO3S. The van der Waals surface area contributed by atoms with Crippen LogP contribution in [0.1, 0.15) is 11.1 Å². The van der Waals surface area contributed by atoms with E-state index in [4.69, 9.17) is 9.47 Å². The second-order valence-corrected chi connectivity index (χ2v) is 6.72. The molecule has 2 aromatic rings. The Labute approximate surface area is 140 Å². The van der Waals surface area contributed by atoms with Crippen LogP contribution in [-0.2, 0) is 11.2 Å². The molecular weight excluding hydrogens is 310 g/mol. The van der Waals surface area contributed by atoms with E-state index >= 15 is 0 Å². The number of amides is 1. The van der Waals surface area contributed by atoms with E-state index in [1.54, 1.807) is 44.2 Å². The van der Waals surface area contributed by atoms with Gasteiger partial charge in [-0.15, -0.1) is 11.8 Å². The fourth-order valence-corrected chi connectivity index (χ4v) is 3.90. The first kappa shape index (κ1) is 15.7. The summed E-state index contributed by atoms with van der Waals surface area (Å²) in [5, 5.41) is 2.84. The topological polar surface area (TPSA) is 47.6 Å². The summed E-state index contributed by atoms with van der Waals surface area (Å²) in [6.07, 6.45) is 0.748. The Morgan fingerprint density at radius 1 is 1.17 bits per heavy atom. The summed E-state index contributed by atoms with van der Waals surface area (Å²) in [5.41, 5.74) is 3.08. The molecule has 1 atom stereocenters. The fourth-order valence-electron chi connectivity index (χ4n) is 2.61. The van der Waals surface area contributed by atoms with Crippen LogP contribution in [0.15, 0.2) is 41.3 Å². The van der Waals surface area contributed by atoms with E-state index in [9.17, 15) is 4.79 Å². The van der Waals surface area contributed by atoms with Crippen molar-refractivity contribution in [1.29, 1.82) is 0 Å². The highest BCUT2D eigenvalue weighted by molar-refractivity contribution is 8.01. The van der Waals surface area contributed by atoms with Gasteiger partial charge < -0.3 is 14.8 Å². The molecule has 0 spiro atoms. The molecule has 1 heterocycles. The van der Waals surface area contributed by atoms with Gasteiger partial charge in [-0.2, -0.15) is 0 Å². The molecule has 0 saturated carbocycles. The molecule has 1 amide bonds. The third kappa shape index (κ3) is 3.29. The largest absolute Gasteiger partial charge is 0.497 e. The van der Waals surface area contributed by atoms with E-state index < -0.39 is 0 Å². The normalized spacial score (nSPS) is 15.9. The summed E-state index contributed by atoms with van der Waals surface area (Å²) in [5.74, 6) is 1.28. The zero-order valence-electron chi connectivity index (χ0n) is 13.4. The lowest BCUT2D eigenvalue weighted by Crippen LogP contribution is -2.24. The lowest BCUT2D eigenvalue weighted by molar-refractivity contribution is -0.115. The van der Waals surface area contributed by atoms with Gasteiger partial charge in [0, 0.05) is 11.0 Å². The number of aryl methyl sites for hydroxylation is 1. The number of rotatable bonds is 4. The molecule has 0 unspecified atom stereocenters. The highest BCUT2D eigenvalue weighted by Gasteiger charge is 2.28. The van der Waals surface area contributed by atoms with Crippen molar-refractivity contribution in [2.24, 2.45) is 0 Å². The molecule has 1 N–H and O–H groups in total. The Bertz CT molecular complexity index is 745. The van der Waals surface area contributed by atoms with Crippen LogP contribution in [-0.4, -0.2) is 25.4 Å². The number of hydrogen-bond donors (Lipinski definition) is 1. The average Bonchev–Trinajstić information content (AvgIpc) is 2.98. The molecule has 3 rings (SSSR count). The number of carbonyl (C=O) groups excluding carboxylic acids is 1. The molecule has 0 bridgehead atoms. The van der Waals surface area contributed by atoms with Gasteiger partial charge in [0.15, 0.2) is 0 Å². The van der Waals surface area contributed by atoms with Gasteiger partial charge in [0.1, 0.15) is 11.5 Å². The maximum absolute atomic E-state index is 12.6. The summed E-state index contributed by atoms with van der Waals surface area (Å²) in [6.45, 7) is 2.06. The van der Waals surface area contributed by atoms with Crippen molar-refractivity contribution >= 4 is 23.4 Å². The molecule has 120 valence electrons. The Balaban J connectivity index is 1.76. The quantitative estimate of drug-likeness (QED) is 0.930. The summed E-state index contributed by atoms with van der Waals surface area (Å²) in [4.78, 5) is 13.8. The van der Waals surface area contributed by atoms with E-state index in [1.165, 1.54) is 16.0 Å². The van der Waals surface area contributed by atoms with Gasteiger partial charge in [-0.25, -0.2) is 0 Å². The van der Waals surface area contributed by atoms with Crippen LogP contribution in [0.4, 0.5) is 5.69 Å². The molecule has 4 nitrogen and oxygen atoms in total. The number of hydrogen-bond acceptors (Lipinski definition) is 4. The monoisotopic (exact) mass is 329 g/mol. The van der Waals surface area contributed by atoms with E-state index in [0.717, 1.165) is 6.42 Å². The Morgan fingerprint density at radius 2 is 2.00 bits per heavy atom. The van der Waals surface area contributed by atoms with Crippen LogP contribution in [0.5, 0.6) is 11.5 Å². The zero-order chi connectivity index (χ0) is 16.4. The molecule has 0 aliphatic carbocycles. The van der Waals surface area contributed by atoms with Gasteiger partial charge in [-0.3, -0.25) is 4.79 Å². The lowest BCUT2D eigenvalue weighted by atomic mass is 10.1. The second-order valence-electron chi connectivity index (χ2n) is 5.48. The van der Waals surface area contributed by atoms with Crippen LogP contribution >= 0.6 is 11.8 Å². The predicted octanol–water partition coefficient (Wildman–Crippen LogP) is 3.67. The van der Waals surface area contributed by atoms with Crippen LogP contribution in [0.3, 0.4) is 0 Å². The number of benzene rings is 2. The van der Waals surface area contributed by atoms with Crippen LogP contribution in [0.25, 0.3) is 0 Å². The summed E-state index contributed by atoms with van der Waals surface area (Å²) < 4.78 is 10.5. The van der Waals surface area contributed by atoms with Crippen molar-refractivity contribution in [3.63, 3.8) is 0 Å². The van der Waals surface area contributed by atoms with Gasteiger partial charge in [0.25, 0.3) is 0 Å². The lowest BCUT2D eigenvalue weighted by Gasteiger charge is -2.14. The number of anilines is 1. The van der Waals surface area contributed by atoms with Crippen molar-refractivity contribution in [1.82, 2.24) is 0 Å². The summed E-state index contributed by atoms with van der Waals surface area (Å²) in [6, 6.07) is 11.7. The summed E-state index contributed by atoms with van der Waals surface area (Å²) >= 11 is 1.62. The molecule has 23 heavy (non-hydrogen) atoms. The zero-order valence-corrected chi connectivity index (χ0v) is 14.2. The number of fused-ring (bicyclic) bond motifs is 1. The maximum Gasteiger partial charge on any atom is 0.238 e. The van der Waals surface area contributed by atoms with E-state index in [-0.39, 0.29) is 11.2 Å². The van der Waals surface area contributed by atoms with Crippen LogP contribution in [0, 0.1) is 6.92 Å². The highest BCUT2D eigenvalue weighted by Crippen LogP contribution is 2.38.